The number of aromatic hydroxyl groups is 1. The molecule has 0 radical (unpaired) electrons. The number of hydrogen-bond donors (Lipinski definition) is 2. The molecule has 0 aliphatic heterocycles. The highest BCUT2D eigenvalue weighted by Gasteiger charge is 2.34. The molecule has 1 aromatic carbocycles. The highest BCUT2D eigenvalue weighted by Crippen LogP contribution is 2.43. The Hall–Kier alpha value is -1.02. The van der Waals surface area contributed by atoms with Gasteiger partial charge in [0.15, 0.2) is 0 Å². The van der Waals surface area contributed by atoms with E-state index in [2.05, 4.69) is 32.9 Å². The highest BCUT2D eigenvalue weighted by atomic mass is 16.3. The summed E-state index contributed by atoms with van der Waals surface area (Å²) in [6.45, 7) is 7.38. The molecule has 0 aromatic heterocycles. The average Bonchev–Trinajstić information content (AvgIpc) is 2.40. The molecule has 0 saturated heterocycles. The fourth-order valence-electron chi connectivity index (χ4n) is 3.54. The van der Waals surface area contributed by atoms with Crippen LogP contribution in [0.25, 0.3) is 0 Å². The second-order valence-electron chi connectivity index (χ2n) is 7.63. The first-order valence-electron chi connectivity index (χ1n) is 7.89. The van der Waals surface area contributed by atoms with E-state index in [4.69, 9.17) is 5.73 Å². The molecule has 112 valence electrons. The maximum absolute atomic E-state index is 10.3. The summed E-state index contributed by atoms with van der Waals surface area (Å²) in [6.07, 6.45) is 6.98. The summed E-state index contributed by atoms with van der Waals surface area (Å²) < 4.78 is 0. The Morgan fingerprint density at radius 3 is 2.35 bits per heavy atom. The van der Waals surface area contributed by atoms with Crippen LogP contribution in [-0.4, -0.2) is 11.7 Å². The van der Waals surface area contributed by atoms with Gasteiger partial charge in [0.05, 0.1) is 0 Å². The zero-order valence-electron chi connectivity index (χ0n) is 13.2. The zero-order chi connectivity index (χ0) is 14.8. The van der Waals surface area contributed by atoms with Crippen molar-refractivity contribution in [2.45, 2.75) is 64.7 Å². The van der Waals surface area contributed by atoms with E-state index in [1.54, 1.807) is 0 Å². The van der Waals surface area contributed by atoms with Gasteiger partial charge in [-0.05, 0) is 36.3 Å². The summed E-state index contributed by atoms with van der Waals surface area (Å²) in [5, 5.41) is 10.3. The molecule has 0 atom stereocenters. The van der Waals surface area contributed by atoms with Crippen LogP contribution in [0, 0.1) is 5.41 Å². The molecule has 20 heavy (non-hydrogen) atoms. The lowest BCUT2D eigenvalue weighted by atomic mass is 9.68. The van der Waals surface area contributed by atoms with Crippen LogP contribution < -0.4 is 5.73 Å². The molecule has 1 fully saturated rings. The van der Waals surface area contributed by atoms with Crippen molar-refractivity contribution in [1.29, 1.82) is 0 Å². The molecule has 0 heterocycles. The minimum atomic E-state index is -0.00374. The van der Waals surface area contributed by atoms with Crippen molar-refractivity contribution in [1.82, 2.24) is 0 Å². The first-order valence-corrected chi connectivity index (χ1v) is 7.89. The largest absolute Gasteiger partial charge is 0.508 e. The lowest BCUT2D eigenvalue weighted by molar-refractivity contribution is 0.290. The minimum Gasteiger partial charge on any atom is -0.508 e. The van der Waals surface area contributed by atoms with Crippen molar-refractivity contribution >= 4 is 0 Å². The van der Waals surface area contributed by atoms with Crippen molar-refractivity contribution < 1.29 is 5.11 Å². The van der Waals surface area contributed by atoms with Crippen molar-refractivity contribution in [3.63, 3.8) is 0 Å². The van der Waals surface area contributed by atoms with E-state index in [-0.39, 0.29) is 10.8 Å². The Morgan fingerprint density at radius 2 is 1.80 bits per heavy atom. The normalized spacial score (nSPS) is 19.0. The topological polar surface area (TPSA) is 46.2 Å². The van der Waals surface area contributed by atoms with E-state index in [1.807, 2.05) is 6.07 Å². The third-order valence-electron chi connectivity index (χ3n) is 4.57. The molecule has 2 heteroatoms. The van der Waals surface area contributed by atoms with E-state index in [9.17, 15) is 5.11 Å². The SMILES string of the molecule is CC(C)(C)Cc1ccc(O)c(C2(CN)CCCCC2)c1. The van der Waals surface area contributed by atoms with Gasteiger partial charge in [0.1, 0.15) is 5.75 Å². The molecule has 0 amide bonds. The van der Waals surface area contributed by atoms with Gasteiger partial charge in [-0.3, -0.25) is 0 Å². The number of hydrogen-bond acceptors (Lipinski definition) is 2. The van der Waals surface area contributed by atoms with Crippen LogP contribution in [0.1, 0.15) is 64.0 Å². The van der Waals surface area contributed by atoms with Crippen molar-refractivity contribution in [3.8, 4) is 5.75 Å². The van der Waals surface area contributed by atoms with Gasteiger partial charge in [-0.1, -0.05) is 52.2 Å². The maximum Gasteiger partial charge on any atom is 0.119 e. The number of nitrogens with two attached hydrogens (primary N) is 1. The Bertz CT molecular complexity index is 453. The molecule has 3 N–H and O–H groups in total. The monoisotopic (exact) mass is 275 g/mol. The van der Waals surface area contributed by atoms with Crippen LogP contribution in [0.4, 0.5) is 0 Å². The quantitative estimate of drug-likeness (QED) is 0.870. The number of benzene rings is 1. The van der Waals surface area contributed by atoms with Gasteiger partial charge in [-0.15, -0.1) is 0 Å². The lowest BCUT2D eigenvalue weighted by Crippen LogP contribution is -2.37. The molecule has 2 rings (SSSR count). The van der Waals surface area contributed by atoms with E-state index < -0.39 is 0 Å². The smallest absolute Gasteiger partial charge is 0.119 e. The van der Waals surface area contributed by atoms with Gasteiger partial charge < -0.3 is 10.8 Å². The molecule has 1 aliphatic rings. The summed E-state index contributed by atoms with van der Waals surface area (Å²) in [4.78, 5) is 0. The van der Waals surface area contributed by atoms with E-state index >= 15 is 0 Å². The van der Waals surface area contributed by atoms with Gasteiger partial charge in [-0.2, -0.15) is 0 Å². The Balaban J connectivity index is 2.36. The standard InChI is InChI=1S/C18H29NO/c1-17(2,3)12-14-7-8-16(20)15(11-14)18(13-19)9-5-4-6-10-18/h7-8,11,20H,4-6,9-10,12-13,19H2,1-3H3. The van der Waals surface area contributed by atoms with Crippen LogP contribution >= 0.6 is 0 Å². The lowest BCUT2D eigenvalue weighted by Gasteiger charge is -2.37. The average molecular weight is 275 g/mol. The van der Waals surface area contributed by atoms with Gasteiger partial charge in [0.2, 0.25) is 0 Å². The number of phenolic OH excluding ortho intramolecular Hbond substituents is 1. The van der Waals surface area contributed by atoms with Gasteiger partial charge in [0, 0.05) is 17.5 Å². The molecular formula is C18H29NO. The Morgan fingerprint density at radius 1 is 1.15 bits per heavy atom. The molecule has 2 nitrogen and oxygen atoms in total. The Labute approximate surface area is 123 Å². The first kappa shape index (κ1) is 15.4. The molecule has 0 bridgehead atoms. The third-order valence-corrected chi connectivity index (χ3v) is 4.57. The summed E-state index contributed by atoms with van der Waals surface area (Å²) >= 11 is 0. The second kappa shape index (κ2) is 5.77. The van der Waals surface area contributed by atoms with E-state index in [1.165, 1.54) is 24.8 Å². The third kappa shape index (κ3) is 3.35. The summed E-state index contributed by atoms with van der Waals surface area (Å²) in [7, 11) is 0. The van der Waals surface area contributed by atoms with Crippen molar-refractivity contribution in [2.24, 2.45) is 11.1 Å². The summed E-state index contributed by atoms with van der Waals surface area (Å²) in [6, 6.07) is 6.12. The maximum atomic E-state index is 10.3. The number of rotatable bonds is 3. The van der Waals surface area contributed by atoms with E-state index in [0.717, 1.165) is 24.8 Å². The summed E-state index contributed by atoms with van der Waals surface area (Å²) in [5.41, 5.74) is 8.76. The Kier molecular flexibility index (Phi) is 4.43. The van der Waals surface area contributed by atoms with Gasteiger partial charge >= 0.3 is 0 Å². The predicted molar refractivity (Wildman–Crippen MR) is 85.1 cm³/mol. The fraction of sp³-hybridized carbons (Fsp3) is 0.667. The molecule has 1 saturated carbocycles. The predicted octanol–water partition coefficient (Wildman–Crippen LogP) is 4.14. The van der Waals surface area contributed by atoms with Gasteiger partial charge in [-0.25, -0.2) is 0 Å². The molecule has 1 aliphatic carbocycles. The van der Waals surface area contributed by atoms with Crippen LogP contribution in [0.5, 0.6) is 5.75 Å². The van der Waals surface area contributed by atoms with Crippen LogP contribution in [0.3, 0.4) is 0 Å². The summed E-state index contributed by atoms with van der Waals surface area (Å²) in [5.74, 6) is 0.426. The molecular weight excluding hydrogens is 246 g/mol. The van der Waals surface area contributed by atoms with Crippen LogP contribution in [0.15, 0.2) is 18.2 Å². The minimum absolute atomic E-state index is 0.00374. The van der Waals surface area contributed by atoms with Crippen LogP contribution in [0.2, 0.25) is 0 Å². The fourth-order valence-corrected chi connectivity index (χ4v) is 3.54. The second-order valence-corrected chi connectivity index (χ2v) is 7.63. The molecule has 0 spiro atoms. The molecule has 1 aromatic rings. The highest BCUT2D eigenvalue weighted by molar-refractivity contribution is 5.42. The van der Waals surface area contributed by atoms with Gasteiger partial charge in [0.25, 0.3) is 0 Å². The molecule has 0 unspecified atom stereocenters. The van der Waals surface area contributed by atoms with Crippen molar-refractivity contribution in [3.05, 3.63) is 29.3 Å². The first-order chi connectivity index (χ1) is 9.36. The number of phenols is 1. The van der Waals surface area contributed by atoms with Crippen LogP contribution in [-0.2, 0) is 11.8 Å². The van der Waals surface area contributed by atoms with Crippen molar-refractivity contribution in [2.75, 3.05) is 6.54 Å². The zero-order valence-corrected chi connectivity index (χ0v) is 13.2. The van der Waals surface area contributed by atoms with E-state index in [0.29, 0.717) is 12.3 Å².